The Morgan fingerprint density at radius 1 is 1.50 bits per heavy atom. The molecule has 72 valence electrons. The van der Waals surface area contributed by atoms with Crippen LogP contribution >= 0.6 is 11.8 Å². The Morgan fingerprint density at radius 2 is 2.25 bits per heavy atom. The lowest BCUT2D eigenvalue weighted by molar-refractivity contribution is 0.0900. The van der Waals surface area contributed by atoms with Crippen molar-refractivity contribution in [3.63, 3.8) is 0 Å². The molecule has 1 saturated carbocycles. The Morgan fingerprint density at radius 3 is 2.75 bits per heavy atom. The fraction of sp³-hybridized carbons (Fsp3) is 1.00. The van der Waals surface area contributed by atoms with Crippen LogP contribution in [0.15, 0.2) is 0 Å². The molecule has 1 rings (SSSR count). The predicted molar refractivity (Wildman–Crippen MR) is 54.7 cm³/mol. The maximum absolute atomic E-state index is 9.61. The zero-order chi connectivity index (χ0) is 8.97. The van der Waals surface area contributed by atoms with Crippen LogP contribution in [0.4, 0.5) is 0 Å². The van der Waals surface area contributed by atoms with E-state index in [2.05, 4.69) is 18.2 Å². The minimum Gasteiger partial charge on any atom is -0.391 e. The van der Waals surface area contributed by atoms with Gasteiger partial charge in [0, 0.05) is 18.3 Å². The van der Waals surface area contributed by atoms with Crippen molar-refractivity contribution in [1.82, 2.24) is 4.90 Å². The Labute approximate surface area is 79.3 Å². The van der Waals surface area contributed by atoms with Gasteiger partial charge < -0.3 is 10.0 Å². The first-order chi connectivity index (χ1) is 5.75. The quantitative estimate of drug-likeness (QED) is 0.719. The van der Waals surface area contributed by atoms with Crippen molar-refractivity contribution in [2.75, 3.05) is 25.6 Å². The van der Waals surface area contributed by atoms with Crippen LogP contribution in [0.1, 0.15) is 19.3 Å². The van der Waals surface area contributed by atoms with E-state index in [0.29, 0.717) is 6.04 Å². The molecule has 0 heterocycles. The van der Waals surface area contributed by atoms with Gasteiger partial charge in [0.1, 0.15) is 0 Å². The summed E-state index contributed by atoms with van der Waals surface area (Å²) in [6.45, 7) is 1.10. The molecule has 0 aromatic rings. The van der Waals surface area contributed by atoms with Gasteiger partial charge in [-0.15, -0.1) is 0 Å². The minimum absolute atomic E-state index is 0.0724. The van der Waals surface area contributed by atoms with E-state index in [1.807, 2.05) is 11.8 Å². The highest BCUT2D eigenvalue weighted by molar-refractivity contribution is 7.98. The van der Waals surface area contributed by atoms with Crippen LogP contribution in [0.2, 0.25) is 0 Å². The summed E-state index contributed by atoms with van der Waals surface area (Å²) in [4.78, 5) is 2.30. The molecule has 0 bridgehead atoms. The number of hydrogen-bond acceptors (Lipinski definition) is 3. The van der Waals surface area contributed by atoms with E-state index in [1.54, 1.807) is 0 Å². The molecule has 0 aromatic carbocycles. The summed E-state index contributed by atoms with van der Waals surface area (Å²) in [6, 6.07) is 0.428. The lowest BCUT2D eigenvalue weighted by Crippen LogP contribution is -2.38. The SMILES string of the molecule is CSCCN(C)C1CCCC1O. The lowest BCUT2D eigenvalue weighted by atomic mass is 10.2. The van der Waals surface area contributed by atoms with Crippen molar-refractivity contribution in [2.24, 2.45) is 0 Å². The van der Waals surface area contributed by atoms with Crippen LogP contribution in [0.3, 0.4) is 0 Å². The van der Waals surface area contributed by atoms with Crippen molar-refractivity contribution in [3.05, 3.63) is 0 Å². The molecule has 2 nitrogen and oxygen atoms in total. The molecule has 0 spiro atoms. The average molecular weight is 189 g/mol. The van der Waals surface area contributed by atoms with E-state index in [9.17, 15) is 5.11 Å². The third kappa shape index (κ3) is 2.64. The number of likely N-dealkylation sites (N-methyl/N-ethyl adjacent to an activating group) is 1. The monoisotopic (exact) mass is 189 g/mol. The Kier molecular flexibility index (Phi) is 4.40. The van der Waals surface area contributed by atoms with Crippen molar-refractivity contribution in [2.45, 2.75) is 31.4 Å². The molecule has 1 aliphatic rings. The largest absolute Gasteiger partial charge is 0.391 e. The normalized spacial score (nSPS) is 30.0. The Hall–Kier alpha value is 0.270. The number of rotatable bonds is 4. The maximum Gasteiger partial charge on any atom is 0.0695 e. The molecule has 0 aromatic heterocycles. The summed E-state index contributed by atoms with van der Waals surface area (Å²) in [5.41, 5.74) is 0. The lowest BCUT2D eigenvalue weighted by Gasteiger charge is -2.26. The molecule has 0 radical (unpaired) electrons. The van der Waals surface area contributed by atoms with Crippen molar-refractivity contribution in [3.8, 4) is 0 Å². The first kappa shape index (κ1) is 10.4. The maximum atomic E-state index is 9.61. The van der Waals surface area contributed by atoms with Gasteiger partial charge in [0.15, 0.2) is 0 Å². The Balaban J connectivity index is 2.25. The van der Waals surface area contributed by atoms with E-state index in [-0.39, 0.29) is 6.10 Å². The number of nitrogens with zero attached hydrogens (tertiary/aromatic N) is 1. The van der Waals surface area contributed by atoms with E-state index >= 15 is 0 Å². The first-order valence-electron chi connectivity index (χ1n) is 4.63. The summed E-state index contributed by atoms with van der Waals surface area (Å²) in [5.74, 6) is 1.17. The molecule has 12 heavy (non-hydrogen) atoms. The molecule has 0 aliphatic heterocycles. The van der Waals surface area contributed by atoms with Gasteiger partial charge in [0.2, 0.25) is 0 Å². The van der Waals surface area contributed by atoms with Crippen LogP contribution in [-0.2, 0) is 0 Å². The number of hydrogen-bond donors (Lipinski definition) is 1. The summed E-state index contributed by atoms with van der Waals surface area (Å²) in [7, 11) is 2.12. The van der Waals surface area contributed by atoms with Gasteiger partial charge in [-0.05, 0) is 32.6 Å². The number of aliphatic hydroxyl groups excluding tert-OH is 1. The van der Waals surface area contributed by atoms with E-state index < -0.39 is 0 Å². The van der Waals surface area contributed by atoms with E-state index in [4.69, 9.17) is 0 Å². The molecule has 2 atom stereocenters. The molecule has 3 heteroatoms. The molecule has 1 N–H and O–H groups in total. The smallest absolute Gasteiger partial charge is 0.0695 e. The molecule has 1 aliphatic carbocycles. The van der Waals surface area contributed by atoms with Crippen molar-refractivity contribution in [1.29, 1.82) is 0 Å². The minimum atomic E-state index is -0.0724. The second-order valence-corrected chi connectivity index (χ2v) is 4.52. The fourth-order valence-corrected chi connectivity index (χ4v) is 2.31. The zero-order valence-corrected chi connectivity index (χ0v) is 8.81. The van der Waals surface area contributed by atoms with Gasteiger partial charge in [0.25, 0.3) is 0 Å². The summed E-state index contributed by atoms with van der Waals surface area (Å²) in [5, 5.41) is 9.61. The summed E-state index contributed by atoms with van der Waals surface area (Å²) in [6.07, 6.45) is 5.41. The molecular weight excluding hydrogens is 170 g/mol. The summed E-state index contributed by atoms with van der Waals surface area (Å²) >= 11 is 1.87. The zero-order valence-electron chi connectivity index (χ0n) is 7.99. The average Bonchev–Trinajstić information content (AvgIpc) is 2.47. The van der Waals surface area contributed by atoms with E-state index in [0.717, 1.165) is 13.0 Å². The van der Waals surface area contributed by atoms with Crippen molar-refractivity contribution >= 4 is 11.8 Å². The highest BCUT2D eigenvalue weighted by Crippen LogP contribution is 2.23. The molecule has 0 saturated heterocycles. The van der Waals surface area contributed by atoms with Gasteiger partial charge in [0.05, 0.1) is 6.10 Å². The number of thioether (sulfide) groups is 1. The second-order valence-electron chi connectivity index (χ2n) is 3.54. The standard InChI is InChI=1S/C9H19NOS/c1-10(6-7-12-2)8-4-3-5-9(8)11/h8-9,11H,3-7H2,1-2H3. The Bertz CT molecular complexity index is 132. The number of aliphatic hydroxyl groups is 1. The molecule has 1 fully saturated rings. The molecule has 2 unspecified atom stereocenters. The highest BCUT2D eigenvalue weighted by Gasteiger charge is 2.27. The van der Waals surface area contributed by atoms with Gasteiger partial charge in [-0.1, -0.05) is 0 Å². The van der Waals surface area contributed by atoms with Gasteiger partial charge >= 0.3 is 0 Å². The van der Waals surface area contributed by atoms with Gasteiger partial charge in [-0.25, -0.2) is 0 Å². The van der Waals surface area contributed by atoms with E-state index in [1.165, 1.54) is 18.6 Å². The topological polar surface area (TPSA) is 23.5 Å². The third-order valence-electron chi connectivity index (χ3n) is 2.66. The predicted octanol–water partition coefficient (Wildman–Crippen LogP) is 1.19. The van der Waals surface area contributed by atoms with Gasteiger partial charge in [-0.2, -0.15) is 11.8 Å². The highest BCUT2D eigenvalue weighted by atomic mass is 32.2. The first-order valence-corrected chi connectivity index (χ1v) is 6.02. The van der Waals surface area contributed by atoms with Gasteiger partial charge in [-0.3, -0.25) is 0 Å². The van der Waals surface area contributed by atoms with Crippen LogP contribution in [0, 0.1) is 0 Å². The van der Waals surface area contributed by atoms with Crippen LogP contribution < -0.4 is 0 Å². The van der Waals surface area contributed by atoms with Crippen LogP contribution in [-0.4, -0.2) is 47.8 Å². The fourth-order valence-electron chi connectivity index (χ4n) is 1.84. The van der Waals surface area contributed by atoms with Crippen molar-refractivity contribution < 1.29 is 5.11 Å². The molecular formula is C9H19NOS. The van der Waals surface area contributed by atoms with Crippen LogP contribution in [0.5, 0.6) is 0 Å². The second kappa shape index (κ2) is 5.10. The molecule has 0 amide bonds. The summed E-state index contributed by atoms with van der Waals surface area (Å²) < 4.78 is 0. The van der Waals surface area contributed by atoms with Crippen LogP contribution in [0.25, 0.3) is 0 Å². The third-order valence-corrected chi connectivity index (χ3v) is 3.25.